The SMILES string of the molecule is O=[N+]([O-])c1cn2c(n1)O[C@H](CCO)CO2. The average Bonchev–Trinajstić information content (AvgIpc) is 2.61. The van der Waals surface area contributed by atoms with Crippen LogP contribution in [-0.4, -0.2) is 39.1 Å². The molecule has 0 aromatic carbocycles. The number of fused-ring (bicyclic) bond motifs is 1. The Kier molecular flexibility index (Phi) is 2.42. The van der Waals surface area contributed by atoms with Crippen molar-refractivity contribution in [1.29, 1.82) is 0 Å². The second-order valence-electron chi connectivity index (χ2n) is 3.01. The van der Waals surface area contributed by atoms with Gasteiger partial charge in [0.15, 0.2) is 6.61 Å². The largest absolute Gasteiger partial charge is 0.448 e. The van der Waals surface area contributed by atoms with E-state index < -0.39 is 4.92 Å². The number of aliphatic hydroxyl groups excluding tert-OH is 1. The van der Waals surface area contributed by atoms with E-state index >= 15 is 0 Å². The zero-order chi connectivity index (χ0) is 10.8. The Bertz CT molecular complexity index is 377. The van der Waals surface area contributed by atoms with Crippen molar-refractivity contribution in [1.82, 2.24) is 9.71 Å². The minimum Gasteiger partial charge on any atom is -0.437 e. The van der Waals surface area contributed by atoms with Crippen molar-refractivity contribution in [2.24, 2.45) is 0 Å². The number of aromatic nitrogens is 2. The van der Waals surface area contributed by atoms with Crippen LogP contribution in [0.5, 0.6) is 6.01 Å². The molecule has 0 saturated carbocycles. The Morgan fingerprint density at radius 2 is 2.60 bits per heavy atom. The van der Waals surface area contributed by atoms with E-state index in [1.165, 1.54) is 0 Å². The first-order valence-corrected chi connectivity index (χ1v) is 4.35. The van der Waals surface area contributed by atoms with Gasteiger partial charge in [0.1, 0.15) is 12.3 Å². The molecule has 8 nitrogen and oxygen atoms in total. The minimum absolute atomic E-state index is 0.0309. The Morgan fingerprint density at radius 3 is 3.27 bits per heavy atom. The van der Waals surface area contributed by atoms with Gasteiger partial charge in [-0.25, -0.2) is 0 Å². The molecule has 1 aromatic rings. The van der Waals surface area contributed by atoms with Crippen molar-refractivity contribution in [3.8, 4) is 6.01 Å². The molecule has 2 rings (SSSR count). The van der Waals surface area contributed by atoms with Gasteiger partial charge in [-0.3, -0.25) is 0 Å². The third-order valence-corrected chi connectivity index (χ3v) is 1.94. The van der Waals surface area contributed by atoms with Crippen molar-refractivity contribution in [3.05, 3.63) is 16.3 Å². The molecule has 0 aliphatic carbocycles. The summed E-state index contributed by atoms with van der Waals surface area (Å²) in [5.41, 5.74) is 0. The maximum atomic E-state index is 10.4. The lowest BCUT2D eigenvalue weighted by Gasteiger charge is -2.21. The Balaban J connectivity index is 2.15. The summed E-state index contributed by atoms with van der Waals surface area (Å²) >= 11 is 0. The van der Waals surface area contributed by atoms with Crippen LogP contribution < -0.4 is 9.57 Å². The highest BCUT2D eigenvalue weighted by atomic mass is 16.7. The Hall–Kier alpha value is -1.83. The van der Waals surface area contributed by atoms with Gasteiger partial charge in [-0.1, -0.05) is 0 Å². The lowest BCUT2D eigenvalue weighted by molar-refractivity contribution is -0.389. The van der Waals surface area contributed by atoms with Crippen LogP contribution >= 0.6 is 0 Å². The van der Waals surface area contributed by atoms with Crippen molar-refractivity contribution >= 4 is 5.82 Å². The third-order valence-electron chi connectivity index (χ3n) is 1.94. The topological polar surface area (TPSA) is 99.7 Å². The van der Waals surface area contributed by atoms with E-state index in [0.717, 1.165) is 10.9 Å². The zero-order valence-electron chi connectivity index (χ0n) is 7.70. The summed E-state index contributed by atoms with van der Waals surface area (Å²) < 4.78 is 6.38. The van der Waals surface area contributed by atoms with Crippen LogP contribution in [-0.2, 0) is 0 Å². The van der Waals surface area contributed by atoms with Gasteiger partial charge in [0.25, 0.3) is 0 Å². The lowest BCUT2D eigenvalue weighted by atomic mass is 10.3. The fraction of sp³-hybridized carbons (Fsp3) is 0.571. The van der Waals surface area contributed by atoms with Gasteiger partial charge in [0.05, 0.1) is 0 Å². The van der Waals surface area contributed by atoms with E-state index in [0.29, 0.717) is 6.42 Å². The summed E-state index contributed by atoms with van der Waals surface area (Å²) in [6, 6.07) is 0.0476. The monoisotopic (exact) mass is 215 g/mol. The normalized spacial score (nSPS) is 18.9. The van der Waals surface area contributed by atoms with Gasteiger partial charge >= 0.3 is 11.8 Å². The highest BCUT2D eigenvalue weighted by Crippen LogP contribution is 2.20. The van der Waals surface area contributed by atoms with Crippen molar-refractivity contribution in [2.45, 2.75) is 12.5 Å². The summed E-state index contributed by atoms with van der Waals surface area (Å²) in [6.45, 7) is 0.206. The molecule has 0 unspecified atom stereocenters. The van der Waals surface area contributed by atoms with Crippen LogP contribution in [0.1, 0.15) is 6.42 Å². The van der Waals surface area contributed by atoms with Crippen molar-refractivity contribution < 1.29 is 19.6 Å². The molecule has 1 aliphatic rings. The van der Waals surface area contributed by atoms with Gasteiger partial charge in [-0.05, 0) is 4.92 Å². The third kappa shape index (κ3) is 1.84. The van der Waals surface area contributed by atoms with Crippen molar-refractivity contribution in [3.63, 3.8) is 0 Å². The molecule has 0 fully saturated rings. The van der Waals surface area contributed by atoms with E-state index in [9.17, 15) is 10.1 Å². The van der Waals surface area contributed by atoms with Crippen LogP contribution in [0.25, 0.3) is 0 Å². The summed E-state index contributed by atoms with van der Waals surface area (Å²) in [5.74, 6) is -0.324. The van der Waals surface area contributed by atoms with Crippen molar-refractivity contribution in [2.75, 3.05) is 13.2 Å². The first-order chi connectivity index (χ1) is 7.20. The van der Waals surface area contributed by atoms with Gasteiger partial charge in [-0.2, -0.15) is 0 Å². The smallest absolute Gasteiger partial charge is 0.437 e. The molecule has 0 radical (unpaired) electrons. The van der Waals surface area contributed by atoms with Crippen LogP contribution in [0.3, 0.4) is 0 Å². The second kappa shape index (κ2) is 3.73. The molecule has 15 heavy (non-hydrogen) atoms. The number of aliphatic hydroxyl groups is 1. The maximum absolute atomic E-state index is 10.4. The molecule has 1 aromatic heterocycles. The molecular formula is C7H9N3O5. The first kappa shape index (κ1) is 9.71. The molecule has 0 spiro atoms. The number of nitro groups is 1. The molecule has 82 valence electrons. The lowest BCUT2D eigenvalue weighted by Crippen LogP contribution is -2.35. The molecular weight excluding hydrogens is 206 g/mol. The summed E-state index contributed by atoms with van der Waals surface area (Å²) in [7, 11) is 0. The maximum Gasteiger partial charge on any atom is 0.448 e. The zero-order valence-corrected chi connectivity index (χ0v) is 7.70. The van der Waals surface area contributed by atoms with E-state index in [4.69, 9.17) is 14.7 Å². The standard InChI is InChI=1S/C7H9N3O5/c11-2-1-5-4-14-9-3-6(10(12)13)8-7(9)15-5/h3,5,11H,1-2,4H2/t5-/m1/s1. The quantitative estimate of drug-likeness (QED) is 0.532. The molecule has 1 atom stereocenters. The van der Waals surface area contributed by atoms with Gasteiger partial charge in [0, 0.05) is 18.0 Å². The van der Waals surface area contributed by atoms with E-state index in [2.05, 4.69) is 4.98 Å². The Morgan fingerprint density at radius 1 is 1.80 bits per heavy atom. The first-order valence-electron chi connectivity index (χ1n) is 4.35. The van der Waals surface area contributed by atoms with Gasteiger partial charge in [-0.15, -0.1) is 4.73 Å². The Labute approximate surface area is 84.2 Å². The second-order valence-corrected chi connectivity index (χ2v) is 3.01. The molecule has 0 saturated heterocycles. The highest BCUT2D eigenvalue weighted by molar-refractivity contribution is 5.20. The predicted octanol–water partition coefficient (Wildman–Crippen LogP) is -0.637. The summed E-state index contributed by atoms with van der Waals surface area (Å²) in [5, 5.41) is 19.1. The van der Waals surface area contributed by atoms with Crippen LogP contribution in [0.15, 0.2) is 6.20 Å². The summed E-state index contributed by atoms with van der Waals surface area (Å²) in [4.78, 5) is 18.5. The molecule has 0 bridgehead atoms. The molecule has 1 aliphatic heterocycles. The number of hydrogen-bond acceptors (Lipinski definition) is 6. The predicted molar refractivity (Wildman–Crippen MR) is 46.4 cm³/mol. The fourth-order valence-corrected chi connectivity index (χ4v) is 1.23. The van der Waals surface area contributed by atoms with E-state index in [1.807, 2.05) is 0 Å². The molecule has 1 N–H and O–H groups in total. The fourth-order valence-electron chi connectivity index (χ4n) is 1.23. The number of rotatable bonds is 3. The minimum atomic E-state index is -0.626. The van der Waals surface area contributed by atoms with Crippen LogP contribution in [0.4, 0.5) is 5.82 Å². The van der Waals surface area contributed by atoms with Crippen LogP contribution in [0, 0.1) is 10.1 Å². The van der Waals surface area contributed by atoms with E-state index in [-0.39, 0.29) is 31.1 Å². The number of hydrogen-bond donors (Lipinski definition) is 1. The van der Waals surface area contributed by atoms with Gasteiger partial charge < -0.3 is 24.8 Å². The summed E-state index contributed by atoms with van der Waals surface area (Å²) in [6.07, 6.45) is 1.23. The highest BCUT2D eigenvalue weighted by Gasteiger charge is 2.29. The van der Waals surface area contributed by atoms with Crippen LogP contribution in [0.2, 0.25) is 0 Å². The van der Waals surface area contributed by atoms with E-state index in [1.54, 1.807) is 0 Å². The molecule has 2 heterocycles. The molecule has 0 amide bonds. The number of ether oxygens (including phenoxy) is 1. The average molecular weight is 215 g/mol. The van der Waals surface area contributed by atoms with Gasteiger partial charge in [0.2, 0.25) is 0 Å². The number of imidazole rings is 1. The molecule has 8 heteroatoms. The number of nitrogens with zero attached hydrogens (tertiary/aromatic N) is 3.